The van der Waals surface area contributed by atoms with Gasteiger partial charge in [0.2, 0.25) is 0 Å². The maximum Gasteiger partial charge on any atom is 0.326 e. The number of amides is 2. The molecule has 8 heteroatoms. The summed E-state index contributed by atoms with van der Waals surface area (Å²) < 4.78 is 5.31. The van der Waals surface area contributed by atoms with Crippen LogP contribution in [0.2, 0.25) is 0 Å². The first-order valence-corrected chi connectivity index (χ1v) is 6.84. The van der Waals surface area contributed by atoms with Crippen LogP contribution in [-0.2, 0) is 14.3 Å². The van der Waals surface area contributed by atoms with E-state index in [0.29, 0.717) is 19.8 Å². The van der Waals surface area contributed by atoms with Crippen molar-refractivity contribution in [3.8, 4) is 0 Å². The number of aliphatic carboxylic acids is 2. The fraction of sp³-hybridized carbons (Fsp3) is 0.769. The molecule has 1 aliphatic rings. The van der Waals surface area contributed by atoms with Crippen molar-refractivity contribution in [2.75, 3.05) is 19.8 Å². The van der Waals surface area contributed by atoms with E-state index in [0.717, 1.165) is 0 Å². The Morgan fingerprint density at radius 3 is 2.52 bits per heavy atom. The first kappa shape index (κ1) is 17.2. The lowest BCUT2D eigenvalue weighted by molar-refractivity contribution is -0.141. The van der Waals surface area contributed by atoms with Crippen LogP contribution in [0.5, 0.6) is 0 Å². The largest absolute Gasteiger partial charge is 0.481 e. The summed E-state index contributed by atoms with van der Waals surface area (Å²) in [6.45, 7) is 4.86. The van der Waals surface area contributed by atoms with E-state index in [1.807, 2.05) is 13.8 Å². The van der Waals surface area contributed by atoms with Gasteiger partial charge in [0.1, 0.15) is 6.04 Å². The molecule has 2 amide bonds. The fourth-order valence-electron chi connectivity index (χ4n) is 2.18. The molecule has 120 valence electrons. The van der Waals surface area contributed by atoms with Gasteiger partial charge in [0.05, 0.1) is 18.8 Å². The second kappa shape index (κ2) is 7.26. The predicted molar refractivity (Wildman–Crippen MR) is 73.0 cm³/mol. The molecular formula is C13H22N2O6. The van der Waals surface area contributed by atoms with E-state index in [1.54, 1.807) is 4.90 Å². The van der Waals surface area contributed by atoms with Gasteiger partial charge < -0.3 is 25.2 Å². The molecule has 1 fully saturated rings. The number of carboxylic acids is 2. The number of carbonyl (C=O) groups is 3. The Morgan fingerprint density at radius 2 is 2.00 bits per heavy atom. The molecule has 0 bridgehead atoms. The van der Waals surface area contributed by atoms with Gasteiger partial charge in [0.25, 0.3) is 0 Å². The smallest absolute Gasteiger partial charge is 0.326 e. The Bertz CT molecular complexity index is 409. The maximum absolute atomic E-state index is 12.2. The minimum Gasteiger partial charge on any atom is -0.481 e. The van der Waals surface area contributed by atoms with E-state index in [1.165, 1.54) is 0 Å². The summed E-state index contributed by atoms with van der Waals surface area (Å²) in [7, 11) is 0. The summed E-state index contributed by atoms with van der Waals surface area (Å²) in [5, 5.41) is 20.1. The normalized spacial score (nSPS) is 18.9. The molecule has 3 N–H and O–H groups in total. The molecule has 1 heterocycles. The van der Waals surface area contributed by atoms with E-state index < -0.39 is 29.6 Å². The maximum atomic E-state index is 12.2. The third kappa shape index (κ3) is 5.22. The Hall–Kier alpha value is -1.83. The summed E-state index contributed by atoms with van der Waals surface area (Å²) in [5.74, 6) is -2.15. The van der Waals surface area contributed by atoms with Gasteiger partial charge in [-0.1, -0.05) is 0 Å². The Balaban J connectivity index is 2.59. The SMILES string of the molecule is CC1(C)COCCN1C(=O)N[C@H](CCCC(=O)O)C(=O)O. The molecule has 1 rings (SSSR count). The highest BCUT2D eigenvalue weighted by atomic mass is 16.5. The number of hydrogen-bond acceptors (Lipinski definition) is 4. The highest BCUT2D eigenvalue weighted by molar-refractivity contribution is 5.83. The van der Waals surface area contributed by atoms with E-state index in [2.05, 4.69) is 5.32 Å². The van der Waals surface area contributed by atoms with Gasteiger partial charge >= 0.3 is 18.0 Å². The monoisotopic (exact) mass is 302 g/mol. The first-order chi connectivity index (χ1) is 9.74. The average Bonchev–Trinajstić information content (AvgIpc) is 2.36. The third-order valence-corrected chi connectivity index (χ3v) is 3.37. The highest BCUT2D eigenvalue weighted by Gasteiger charge is 2.35. The van der Waals surface area contributed by atoms with Crippen LogP contribution in [-0.4, -0.2) is 64.4 Å². The summed E-state index contributed by atoms with van der Waals surface area (Å²) in [6.07, 6.45) is 0.153. The Morgan fingerprint density at radius 1 is 1.33 bits per heavy atom. The minimum absolute atomic E-state index is 0.0815. The number of rotatable bonds is 6. The molecule has 0 aromatic heterocycles. The summed E-state index contributed by atoms with van der Waals surface area (Å²) >= 11 is 0. The quantitative estimate of drug-likeness (QED) is 0.658. The zero-order chi connectivity index (χ0) is 16.0. The van der Waals surface area contributed by atoms with Crippen LogP contribution in [0, 0.1) is 0 Å². The van der Waals surface area contributed by atoms with E-state index in [9.17, 15) is 14.4 Å². The van der Waals surface area contributed by atoms with Gasteiger partial charge in [-0.15, -0.1) is 0 Å². The van der Waals surface area contributed by atoms with E-state index >= 15 is 0 Å². The van der Waals surface area contributed by atoms with Crippen LogP contribution in [0.15, 0.2) is 0 Å². The van der Waals surface area contributed by atoms with Gasteiger partial charge in [0.15, 0.2) is 0 Å². The number of ether oxygens (including phenoxy) is 1. The van der Waals surface area contributed by atoms with Crippen molar-refractivity contribution >= 4 is 18.0 Å². The number of nitrogens with one attached hydrogen (secondary N) is 1. The topological polar surface area (TPSA) is 116 Å². The van der Waals surface area contributed by atoms with Crippen LogP contribution >= 0.6 is 0 Å². The number of hydrogen-bond donors (Lipinski definition) is 3. The van der Waals surface area contributed by atoms with Crippen molar-refractivity contribution in [1.29, 1.82) is 0 Å². The fourth-order valence-corrected chi connectivity index (χ4v) is 2.18. The lowest BCUT2D eigenvalue weighted by Crippen LogP contribution is -2.60. The van der Waals surface area contributed by atoms with Crippen LogP contribution in [0.1, 0.15) is 33.1 Å². The number of morpholine rings is 1. The van der Waals surface area contributed by atoms with Crippen LogP contribution in [0.3, 0.4) is 0 Å². The molecule has 0 aromatic carbocycles. The van der Waals surface area contributed by atoms with Crippen molar-refractivity contribution < 1.29 is 29.3 Å². The molecule has 1 saturated heterocycles. The molecule has 1 aliphatic heterocycles. The molecule has 0 radical (unpaired) electrons. The molecule has 0 unspecified atom stereocenters. The van der Waals surface area contributed by atoms with Gasteiger partial charge in [-0.05, 0) is 26.7 Å². The lowest BCUT2D eigenvalue weighted by atomic mass is 10.0. The van der Waals surface area contributed by atoms with Gasteiger partial charge in [0, 0.05) is 13.0 Å². The Labute approximate surface area is 123 Å². The number of nitrogens with zero attached hydrogens (tertiary/aromatic N) is 1. The number of carboxylic acid groups (broad SMARTS) is 2. The van der Waals surface area contributed by atoms with Gasteiger partial charge in [-0.25, -0.2) is 9.59 Å². The molecule has 21 heavy (non-hydrogen) atoms. The standard InChI is InChI=1S/C13H22N2O6/c1-13(2)8-21-7-6-15(13)12(20)14-9(11(18)19)4-3-5-10(16)17/h9H,3-8H2,1-2H3,(H,14,20)(H,16,17)(H,18,19)/t9-/m1/s1. The molecule has 0 aromatic rings. The molecule has 0 saturated carbocycles. The van der Waals surface area contributed by atoms with Crippen LogP contribution in [0.25, 0.3) is 0 Å². The summed E-state index contributed by atoms with van der Waals surface area (Å²) in [5.41, 5.74) is -0.507. The van der Waals surface area contributed by atoms with Gasteiger partial charge in [-0.2, -0.15) is 0 Å². The third-order valence-electron chi connectivity index (χ3n) is 3.37. The average molecular weight is 302 g/mol. The minimum atomic E-state index is -1.17. The van der Waals surface area contributed by atoms with Gasteiger partial charge in [-0.3, -0.25) is 4.79 Å². The van der Waals surface area contributed by atoms with Crippen molar-refractivity contribution in [2.45, 2.75) is 44.7 Å². The van der Waals surface area contributed by atoms with Crippen molar-refractivity contribution in [3.05, 3.63) is 0 Å². The molecule has 1 atom stereocenters. The number of carbonyl (C=O) groups excluding carboxylic acids is 1. The van der Waals surface area contributed by atoms with Crippen molar-refractivity contribution in [1.82, 2.24) is 10.2 Å². The zero-order valence-electron chi connectivity index (χ0n) is 12.3. The second-order valence-electron chi connectivity index (χ2n) is 5.64. The van der Waals surface area contributed by atoms with Crippen LogP contribution in [0.4, 0.5) is 4.79 Å². The molecular weight excluding hydrogens is 280 g/mol. The molecule has 0 spiro atoms. The molecule has 8 nitrogen and oxygen atoms in total. The zero-order valence-corrected chi connectivity index (χ0v) is 12.3. The van der Waals surface area contributed by atoms with Crippen molar-refractivity contribution in [2.24, 2.45) is 0 Å². The molecule has 0 aliphatic carbocycles. The van der Waals surface area contributed by atoms with E-state index in [4.69, 9.17) is 14.9 Å². The summed E-state index contributed by atoms with van der Waals surface area (Å²) in [6, 6.07) is -1.55. The number of urea groups is 1. The van der Waals surface area contributed by atoms with Crippen LogP contribution < -0.4 is 5.32 Å². The summed E-state index contributed by atoms with van der Waals surface area (Å²) in [4.78, 5) is 35.3. The first-order valence-electron chi connectivity index (χ1n) is 6.84. The second-order valence-corrected chi connectivity index (χ2v) is 5.64. The predicted octanol–water partition coefficient (Wildman–Crippen LogP) is 0.515. The Kier molecular flexibility index (Phi) is 5.95. The van der Waals surface area contributed by atoms with E-state index in [-0.39, 0.29) is 19.3 Å². The van der Waals surface area contributed by atoms with Crippen molar-refractivity contribution in [3.63, 3.8) is 0 Å². The lowest BCUT2D eigenvalue weighted by Gasteiger charge is -2.42. The highest BCUT2D eigenvalue weighted by Crippen LogP contribution is 2.19.